The lowest BCUT2D eigenvalue weighted by molar-refractivity contribution is -0.377. The molecular formula is C17H15BrN2O4. The van der Waals surface area contributed by atoms with Crippen molar-refractivity contribution in [3.63, 3.8) is 0 Å². The lowest BCUT2D eigenvalue weighted by atomic mass is 10.1. The number of nitrogens with one attached hydrogen (secondary N) is 1. The topological polar surface area (TPSA) is 96.5 Å². The Bertz CT molecular complexity index is 728. The molecule has 0 radical (unpaired) electrons. The third kappa shape index (κ3) is 5.74. The molecular weight excluding hydrogens is 376 g/mol. The fourth-order valence-electron chi connectivity index (χ4n) is 1.61. The molecule has 1 N–H and O–H groups in total. The van der Waals surface area contributed by atoms with Crippen molar-refractivity contribution in [2.75, 3.05) is 14.2 Å². The molecule has 7 heteroatoms. The van der Waals surface area contributed by atoms with Gasteiger partial charge >= 0.3 is 0 Å². The summed E-state index contributed by atoms with van der Waals surface area (Å²) in [4.78, 5) is 13.5. The number of carboxylic acids is 1. The number of aliphatic carboxylic acids is 1. The molecule has 0 saturated heterocycles. The van der Waals surface area contributed by atoms with Gasteiger partial charge in [-0.25, -0.2) is 4.98 Å². The predicted octanol–water partition coefficient (Wildman–Crippen LogP) is 1.62. The van der Waals surface area contributed by atoms with E-state index in [2.05, 4.69) is 20.9 Å². The molecule has 0 spiro atoms. The number of aromatic nitrogens is 1. The lowest BCUT2D eigenvalue weighted by Gasteiger charge is -2.10. The van der Waals surface area contributed by atoms with E-state index in [1.54, 1.807) is 18.2 Å². The van der Waals surface area contributed by atoms with Crippen LogP contribution in [0.15, 0.2) is 52.8 Å². The maximum atomic E-state index is 10.7. The highest BCUT2D eigenvalue weighted by Gasteiger charge is 2.09. The van der Waals surface area contributed by atoms with Crippen molar-refractivity contribution >= 4 is 28.0 Å². The predicted molar refractivity (Wildman–Crippen MR) is 88.8 cm³/mol. The third-order valence-corrected chi connectivity index (χ3v) is 3.44. The van der Waals surface area contributed by atoms with Gasteiger partial charge in [-0.2, -0.15) is 5.26 Å². The number of halogens is 1. The van der Waals surface area contributed by atoms with Gasteiger partial charge in [0.1, 0.15) is 6.07 Å². The molecule has 0 unspecified atom stereocenters. The van der Waals surface area contributed by atoms with Gasteiger partial charge in [0.25, 0.3) is 0 Å². The summed E-state index contributed by atoms with van der Waals surface area (Å²) in [6, 6.07) is 10.6. The highest BCUT2D eigenvalue weighted by molar-refractivity contribution is 9.10. The summed E-state index contributed by atoms with van der Waals surface area (Å²) in [5.74, 6) is -0.602. The van der Waals surface area contributed by atoms with Gasteiger partial charge in [0.2, 0.25) is 0 Å². The first-order chi connectivity index (χ1) is 11.5. The van der Waals surface area contributed by atoms with Crippen LogP contribution in [0.3, 0.4) is 0 Å². The Hall–Kier alpha value is -2.85. The van der Waals surface area contributed by atoms with Crippen LogP contribution in [-0.4, -0.2) is 20.2 Å². The minimum atomic E-state index is -1.53. The van der Waals surface area contributed by atoms with E-state index in [0.29, 0.717) is 21.5 Å². The monoisotopic (exact) mass is 390 g/mol. The van der Waals surface area contributed by atoms with E-state index < -0.39 is 11.5 Å². The van der Waals surface area contributed by atoms with Gasteiger partial charge in [-0.05, 0) is 23.8 Å². The molecule has 0 saturated carbocycles. The molecule has 24 heavy (non-hydrogen) atoms. The largest absolute Gasteiger partial charge is 0.544 e. The van der Waals surface area contributed by atoms with Crippen LogP contribution in [0, 0.1) is 11.3 Å². The average molecular weight is 391 g/mol. The number of H-pyrrole nitrogens is 1. The molecule has 1 aromatic carbocycles. The second kappa shape index (κ2) is 10.0. The minimum absolute atomic E-state index is 0.433. The number of carbonyl (C=O) groups is 1. The van der Waals surface area contributed by atoms with E-state index in [1.165, 1.54) is 20.3 Å². The Balaban J connectivity index is 0.000000400. The second-order valence-electron chi connectivity index (χ2n) is 4.26. The molecule has 124 valence electrons. The van der Waals surface area contributed by atoms with Gasteiger partial charge < -0.3 is 19.4 Å². The summed E-state index contributed by atoms with van der Waals surface area (Å²) >= 11 is 3.26. The number of carboxylic acid groups (broad SMARTS) is 1. The SMILES string of the molecule is COc1cc(Br)c(C=C(C#N)C(=O)[O-])cc1OC.c1cc[nH+]cc1. The van der Waals surface area contributed by atoms with Crippen molar-refractivity contribution in [3.8, 4) is 17.6 Å². The Morgan fingerprint density at radius 1 is 1.21 bits per heavy atom. The zero-order chi connectivity index (χ0) is 17.9. The van der Waals surface area contributed by atoms with Gasteiger partial charge in [0.05, 0.1) is 25.8 Å². The molecule has 0 atom stereocenters. The van der Waals surface area contributed by atoms with Crippen molar-refractivity contribution in [2.45, 2.75) is 0 Å². The standard InChI is InChI=1S/C12H10BrNO4.C5H5N/c1-17-10-4-7(3-8(6-14)12(15)16)9(13)5-11(10)18-2;1-2-4-6-5-3-1/h3-5H,1-2H3,(H,15,16);1-5H. The maximum absolute atomic E-state index is 10.7. The van der Waals surface area contributed by atoms with Crippen LogP contribution < -0.4 is 19.6 Å². The average Bonchev–Trinajstić information content (AvgIpc) is 2.62. The van der Waals surface area contributed by atoms with Gasteiger partial charge in [0, 0.05) is 16.6 Å². The Morgan fingerprint density at radius 2 is 1.79 bits per heavy atom. The number of hydrogen-bond acceptors (Lipinski definition) is 5. The summed E-state index contributed by atoms with van der Waals surface area (Å²) in [7, 11) is 2.95. The van der Waals surface area contributed by atoms with Gasteiger partial charge in [-0.15, -0.1) is 0 Å². The second-order valence-corrected chi connectivity index (χ2v) is 5.12. The fraction of sp³-hybridized carbons (Fsp3) is 0.118. The lowest BCUT2D eigenvalue weighted by Crippen LogP contribution is -2.23. The van der Waals surface area contributed by atoms with Crippen LogP contribution in [0.25, 0.3) is 6.08 Å². The van der Waals surface area contributed by atoms with Gasteiger partial charge in [-0.1, -0.05) is 22.0 Å². The molecule has 1 heterocycles. The number of carbonyl (C=O) groups excluding carboxylic acids is 1. The Labute approximate surface area is 148 Å². The van der Waals surface area contributed by atoms with E-state index in [9.17, 15) is 9.90 Å². The number of methoxy groups -OCH3 is 2. The molecule has 0 bridgehead atoms. The number of hydrogen-bond donors (Lipinski definition) is 0. The molecule has 2 rings (SSSR count). The van der Waals surface area contributed by atoms with Crippen LogP contribution in [0.1, 0.15) is 5.56 Å². The molecule has 0 fully saturated rings. The first-order valence-electron chi connectivity index (χ1n) is 6.69. The van der Waals surface area contributed by atoms with Crippen LogP contribution in [-0.2, 0) is 4.79 Å². The van der Waals surface area contributed by atoms with Crippen molar-refractivity contribution in [2.24, 2.45) is 0 Å². The number of pyridine rings is 1. The molecule has 1 aromatic heterocycles. The summed E-state index contributed by atoms with van der Waals surface area (Å²) < 4.78 is 10.7. The Kier molecular flexibility index (Phi) is 8.02. The summed E-state index contributed by atoms with van der Waals surface area (Å²) in [5, 5.41) is 19.3. The number of benzene rings is 1. The zero-order valence-electron chi connectivity index (χ0n) is 13.1. The molecule has 0 aliphatic carbocycles. The number of aromatic amines is 1. The van der Waals surface area contributed by atoms with Gasteiger partial charge in [0.15, 0.2) is 23.9 Å². The maximum Gasteiger partial charge on any atom is 0.166 e. The number of nitriles is 1. The van der Waals surface area contributed by atoms with Gasteiger partial charge in [-0.3, -0.25) is 0 Å². The van der Waals surface area contributed by atoms with Crippen LogP contribution in [0.5, 0.6) is 11.5 Å². The first kappa shape index (κ1) is 19.2. The van der Waals surface area contributed by atoms with E-state index in [-0.39, 0.29) is 0 Å². The van der Waals surface area contributed by atoms with E-state index in [1.807, 2.05) is 30.6 Å². The minimum Gasteiger partial charge on any atom is -0.544 e. The van der Waals surface area contributed by atoms with Crippen molar-refractivity contribution in [1.29, 1.82) is 5.26 Å². The number of ether oxygens (including phenoxy) is 2. The Morgan fingerprint density at radius 3 is 2.17 bits per heavy atom. The molecule has 2 aromatic rings. The molecule has 0 aliphatic rings. The van der Waals surface area contributed by atoms with Crippen molar-refractivity contribution < 1.29 is 24.4 Å². The van der Waals surface area contributed by atoms with E-state index >= 15 is 0 Å². The van der Waals surface area contributed by atoms with E-state index in [4.69, 9.17) is 14.7 Å². The normalized spacial score (nSPS) is 10.0. The number of rotatable bonds is 4. The van der Waals surface area contributed by atoms with Crippen LogP contribution in [0.2, 0.25) is 0 Å². The molecule has 0 aliphatic heterocycles. The number of nitrogens with zero attached hydrogens (tertiary/aromatic N) is 1. The van der Waals surface area contributed by atoms with Crippen molar-refractivity contribution in [1.82, 2.24) is 0 Å². The van der Waals surface area contributed by atoms with Crippen LogP contribution >= 0.6 is 15.9 Å². The molecule has 6 nitrogen and oxygen atoms in total. The highest BCUT2D eigenvalue weighted by Crippen LogP contribution is 2.34. The zero-order valence-corrected chi connectivity index (χ0v) is 14.7. The summed E-state index contributed by atoms with van der Waals surface area (Å²) in [6.07, 6.45) is 4.95. The third-order valence-electron chi connectivity index (χ3n) is 2.75. The summed E-state index contributed by atoms with van der Waals surface area (Å²) in [5.41, 5.74) is 0.0105. The molecule has 0 amide bonds. The van der Waals surface area contributed by atoms with Crippen molar-refractivity contribution in [3.05, 3.63) is 58.3 Å². The van der Waals surface area contributed by atoms with E-state index in [0.717, 1.165) is 0 Å². The van der Waals surface area contributed by atoms with Crippen LogP contribution in [0.4, 0.5) is 0 Å². The highest BCUT2D eigenvalue weighted by atomic mass is 79.9. The quantitative estimate of drug-likeness (QED) is 0.583. The summed E-state index contributed by atoms with van der Waals surface area (Å²) in [6.45, 7) is 0. The first-order valence-corrected chi connectivity index (χ1v) is 7.48. The smallest absolute Gasteiger partial charge is 0.166 e. The fourth-order valence-corrected chi connectivity index (χ4v) is 2.05.